The van der Waals surface area contributed by atoms with Crippen molar-refractivity contribution in [2.75, 3.05) is 24.5 Å². The molecule has 1 N–H and O–H groups in total. The first-order valence-corrected chi connectivity index (χ1v) is 7.85. The molecule has 1 fully saturated rings. The van der Waals surface area contributed by atoms with Crippen LogP contribution in [0.5, 0.6) is 0 Å². The molecule has 112 valence electrons. The molecule has 1 aromatic rings. The van der Waals surface area contributed by atoms with E-state index in [1.54, 1.807) is 0 Å². The number of aryl methyl sites for hydroxylation is 2. The molecule has 1 atom stereocenters. The Morgan fingerprint density at radius 2 is 2.10 bits per heavy atom. The van der Waals surface area contributed by atoms with Crippen LogP contribution >= 0.6 is 0 Å². The van der Waals surface area contributed by atoms with E-state index in [9.17, 15) is 0 Å². The summed E-state index contributed by atoms with van der Waals surface area (Å²) in [6.45, 7) is 11.8. The monoisotopic (exact) mass is 276 g/mol. The normalized spacial score (nSPS) is 19.6. The molecule has 0 aromatic carbocycles. The van der Waals surface area contributed by atoms with Gasteiger partial charge in [0.15, 0.2) is 0 Å². The van der Waals surface area contributed by atoms with E-state index >= 15 is 0 Å². The number of anilines is 1. The zero-order valence-electron chi connectivity index (χ0n) is 13.3. The SMILES string of the molecule is Cc1ncc(N2CCCCC2CNCC(C)C)nc1C. The summed E-state index contributed by atoms with van der Waals surface area (Å²) in [5, 5.41) is 3.59. The lowest BCUT2D eigenvalue weighted by Crippen LogP contribution is -2.46. The number of piperidine rings is 1. The highest BCUT2D eigenvalue weighted by molar-refractivity contribution is 5.39. The van der Waals surface area contributed by atoms with E-state index in [0.717, 1.165) is 36.8 Å². The molecule has 1 aliphatic rings. The predicted octanol–water partition coefficient (Wildman–Crippen LogP) is 2.70. The second-order valence-electron chi connectivity index (χ2n) is 6.29. The molecule has 0 saturated carbocycles. The van der Waals surface area contributed by atoms with E-state index in [1.165, 1.54) is 19.3 Å². The van der Waals surface area contributed by atoms with Crippen molar-refractivity contribution in [1.82, 2.24) is 15.3 Å². The summed E-state index contributed by atoms with van der Waals surface area (Å²) in [4.78, 5) is 11.6. The van der Waals surface area contributed by atoms with Gasteiger partial charge >= 0.3 is 0 Å². The molecule has 2 heterocycles. The first-order chi connectivity index (χ1) is 9.58. The van der Waals surface area contributed by atoms with Gasteiger partial charge in [0, 0.05) is 19.1 Å². The second kappa shape index (κ2) is 7.02. The van der Waals surface area contributed by atoms with Crippen molar-refractivity contribution in [1.29, 1.82) is 0 Å². The standard InChI is InChI=1S/C16H28N4/c1-12(2)9-17-10-15-7-5-6-8-20(15)16-11-18-13(3)14(4)19-16/h11-12,15,17H,5-10H2,1-4H3. The summed E-state index contributed by atoms with van der Waals surface area (Å²) in [5.41, 5.74) is 2.07. The van der Waals surface area contributed by atoms with E-state index in [1.807, 2.05) is 20.0 Å². The number of nitrogens with one attached hydrogen (secondary N) is 1. The highest BCUT2D eigenvalue weighted by Gasteiger charge is 2.23. The van der Waals surface area contributed by atoms with Gasteiger partial charge in [0.25, 0.3) is 0 Å². The molecule has 1 aliphatic heterocycles. The fraction of sp³-hybridized carbons (Fsp3) is 0.750. The Morgan fingerprint density at radius 3 is 2.80 bits per heavy atom. The summed E-state index contributed by atoms with van der Waals surface area (Å²) < 4.78 is 0. The molecule has 0 spiro atoms. The minimum atomic E-state index is 0.555. The molecule has 1 aromatic heterocycles. The Morgan fingerprint density at radius 1 is 1.30 bits per heavy atom. The van der Waals surface area contributed by atoms with Crippen LogP contribution in [0.4, 0.5) is 5.82 Å². The van der Waals surface area contributed by atoms with Crippen LogP contribution in [0.15, 0.2) is 6.20 Å². The summed E-state index contributed by atoms with van der Waals surface area (Å²) >= 11 is 0. The molecular weight excluding hydrogens is 248 g/mol. The van der Waals surface area contributed by atoms with E-state index in [2.05, 4.69) is 29.0 Å². The third-order valence-corrected chi connectivity index (χ3v) is 4.03. The molecular formula is C16H28N4. The molecule has 20 heavy (non-hydrogen) atoms. The van der Waals surface area contributed by atoms with Crippen molar-refractivity contribution in [3.05, 3.63) is 17.6 Å². The van der Waals surface area contributed by atoms with E-state index in [-0.39, 0.29) is 0 Å². The van der Waals surface area contributed by atoms with Crippen molar-refractivity contribution < 1.29 is 0 Å². The molecule has 2 rings (SSSR count). The molecule has 4 nitrogen and oxygen atoms in total. The van der Waals surface area contributed by atoms with Crippen LogP contribution in [0.2, 0.25) is 0 Å². The quantitative estimate of drug-likeness (QED) is 0.898. The highest BCUT2D eigenvalue weighted by Crippen LogP contribution is 2.23. The zero-order valence-corrected chi connectivity index (χ0v) is 13.3. The zero-order chi connectivity index (χ0) is 14.5. The van der Waals surface area contributed by atoms with Crippen LogP contribution in [0, 0.1) is 19.8 Å². The number of hydrogen-bond acceptors (Lipinski definition) is 4. The third-order valence-electron chi connectivity index (χ3n) is 4.03. The Hall–Kier alpha value is -1.16. The first kappa shape index (κ1) is 15.2. The van der Waals surface area contributed by atoms with E-state index in [4.69, 9.17) is 4.98 Å². The Balaban J connectivity index is 2.03. The third kappa shape index (κ3) is 3.92. The lowest BCUT2D eigenvalue weighted by molar-refractivity contribution is 0.420. The largest absolute Gasteiger partial charge is 0.351 e. The maximum absolute atomic E-state index is 4.73. The maximum atomic E-state index is 4.73. The van der Waals surface area contributed by atoms with Crippen molar-refractivity contribution in [2.45, 2.75) is 53.0 Å². The van der Waals surface area contributed by atoms with Crippen LogP contribution in [-0.4, -0.2) is 35.6 Å². The predicted molar refractivity (Wildman–Crippen MR) is 84.2 cm³/mol. The van der Waals surface area contributed by atoms with Crippen LogP contribution in [-0.2, 0) is 0 Å². The van der Waals surface area contributed by atoms with Gasteiger partial charge in [-0.25, -0.2) is 4.98 Å². The van der Waals surface area contributed by atoms with E-state index < -0.39 is 0 Å². The van der Waals surface area contributed by atoms with Gasteiger partial charge in [0.1, 0.15) is 5.82 Å². The lowest BCUT2D eigenvalue weighted by Gasteiger charge is -2.37. The Bertz CT molecular complexity index is 430. The van der Waals surface area contributed by atoms with Gasteiger partial charge in [-0.15, -0.1) is 0 Å². The van der Waals surface area contributed by atoms with E-state index in [0.29, 0.717) is 12.0 Å². The van der Waals surface area contributed by atoms with Gasteiger partial charge in [-0.2, -0.15) is 0 Å². The van der Waals surface area contributed by atoms with Crippen molar-refractivity contribution in [3.63, 3.8) is 0 Å². The minimum absolute atomic E-state index is 0.555. The molecule has 0 bridgehead atoms. The first-order valence-electron chi connectivity index (χ1n) is 7.85. The Labute approximate surface area is 123 Å². The molecule has 0 amide bonds. The molecule has 1 unspecified atom stereocenters. The minimum Gasteiger partial charge on any atom is -0.351 e. The topological polar surface area (TPSA) is 41.1 Å². The number of nitrogens with zero attached hydrogens (tertiary/aromatic N) is 3. The summed E-state index contributed by atoms with van der Waals surface area (Å²) in [5.74, 6) is 1.75. The summed E-state index contributed by atoms with van der Waals surface area (Å²) in [7, 11) is 0. The van der Waals surface area contributed by atoms with Gasteiger partial charge < -0.3 is 10.2 Å². The smallest absolute Gasteiger partial charge is 0.147 e. The molecule has 0 aliphatic carbocycles. The average molecular weight is 276 g/mol. The van der Waals surface area contributed by atoms with Gasteiger partial charge in [0.05, 0.1) is 17.6 Å². The van der Waals surface area contributed by atoms with Crippen LogP contribution in [0.25, 0.3) is 0 Å². The second-order valence-corrected chi connectivity index (χ2v) is 6.29. The number of hydrogen-bond donors (Lipinski definition) is 1. The van der Waals surface area contributed by atoms with Crippen LogP contribution in [0.3, 0.4) is 0 Å². The van der Waals surface area contributed by atoms with Crippen molar-refractivity contribution in [3.8, 4) is 0 Å². The summed E-state index contributed by atoms with van der Waals surface area (Å²) in [6.07, 6.45) is 5.76. The molecule has 4 heteroatoms. The van der Waals surface area contributed by atoms with Gasteiger partial charge in [0.2, 0.25) is 0 Å². The fourth-order valence-corrected chi connectivity index (χ4v) is 2.72. The summed E-state index contributed by atoms with van der Waals surface area (Å²) in [6, 6.07) is 0.555. The van der Waals surface area contributed by atoms with Crippen LogP contribution < -0.4 is 10.2 Å². The average Bonchev–Trinajstić information content (AvgIpc) is 2.42. The highest BCUT2D eigenvalue weighted by atomic mass is 15.2. The number of aromatic nitrogens is 2. The lowest BCUT2D eigenvalue weighted by atomic mass is 10.0. The number of rotatable bonds is 5. The van der Waals surface area contributed by atoms with Gasteiger partial charge in [-0.1, -0.05) is 13.8 Å². The Kier molecular flexibility index (Phi) is 5.35. The fourth-order valence-electron chi connectivity index (χ4n) is 2.72. The maximum Gasteiger partial charge on any atom is 0.147 e. The van der Waals surface area contributed by atoms with Crippen LogP contribution in [0.1, 0.15) is 44.5 Å². The van der Waals surface area contributed by atoms with Crippen molar-refractivity contribution in [2.24, 2.45) is 5.92 Å². The van der Waals surface area contributed by atoms with Gasteiger partial charge in [-0.05, 0) is 45.6 Å². The van der Waals surface area contributed by atoms with Gasteiger partial charge in [-0.3, -0.25) is 4.98 Å². The van der Waals surface area contributed by atoms with Crippen molar-refractivity contribution >= 4 is 5.82 Å². The molecule has 0 radical (unpaired) electrons. The molecule has 1 saturated heterocycles.